The van der Waals surface area contributed by atoms with Gasteiger partial charge in [-0.15, -0.1) is 0 Å². The van der Waals surface area contributed by atoms with Crippen molar-refractivity contribution in [2.75, 3.05) is 33.0 Å². The molecule has 9 nitrogen and oxygen atoms in total. The molecule has 0 aromatic rings. The van der Waals surface area contributed by atoms with Gasteiger partial charge in [-0.05, 0) is 64.2 Å². The summed E-state index contributed by atoms with van der Waals surface area (Å²) in [6, 6.07) is 0. The average Bonchev–Trinajstić information content (AvgIpc) is 3.06. The Kier molecular flexibility index (Phi) is 33.6. The molecule has 0 aliphatic carbocycles. The van der Waals surface area contributed by atoms with Gasteiger partial charge in [0.2, 0.25) is 0 Å². The Morgan fingerprint density at radius 1 is 0.660 bits per heavy atom. The highest BCUT2D eigenvalue weighted by Crippen LogP contribution is 2.43. The van der Waals surface area contributed by atoms with Crippen molar-refractivity contribution in [1.29, 1.82) is 0 Å². The number of phosphoric ester groups is 1. The third-order valence-electron chi connectivity index (χ3n) is 7.53. The van der Waals surface area contributed by atoms with Crippen molar-refractivity contribution in [1.82, 2.24) is 0 Å². The van der Waals surface area contributed by atoms with Gasteiger partial charge in [-0.25, -0.2) is 4.57 Å². The van der Waals surface area contributed by atoms with Gasteiger partial charge in [-0.2, -0.15) is 0 Å². The molecule has 0 aliphatic heterocycles. The number of rotatable bonds is 35. The van der Waals surface area contributed by atoms with E-state index < -0.39 is 39.2 Å². The standard InChI is InChI=1S/C37H69O9P/c1-3-5-7-9-11-13-15-17-18-20-22-24-26-28-30-43-33-36(34-45-47(41,42)44-32-35(39)31-38)46-37(40)29-27-25-23-21-19-16-14-12-10-8-6-4-2/h7,9,12-15,35-36,38-39H,3-6,8,10-11,16-34H2,1-2H3,(H,41,42)/b9-7-,14-12-,15-13-. The molecule has 10 heteroatoms. The first-order chi connectivity index (χ1) is 22.8. The molecular weight excluding hydrogens is 619 g/mol. The number of carbonyl (C=O) groups excluding carboxylic acids is 1. The summed E-state index contributed by atoms with van der Waals surface area (Å²) in [5.74, 6) is -0.399. The number of carbonyl (C=O) groups is 1. The van der Waals surface area contributed by atoms with Crippen LogP contribution in [0, 0.1) is 0 Å². The Labute approximate surface area is 286 Å². The molecule has 0 radical (unpaired) electrons. The van der Waals surface area contributed by atoms with Crippen LogP contribution in [0.5, 0.6) is 0 Å². The molecule has 3 unspecified atom stereocenters. The van der Waals surface area contributed by atoms with Gasteiger partial charge in [0.05, 0.1) is 26.4 Å². The number of esters is 1. The monoisotopic (exact) mass is 688 g/mol. The van der Waals surface area contributed by atoms with Crippen LogP contribution in [0.1, 0.15) is 149 Å². The van der Waals surface area contributed by atoms with Crippen LogP contribution in [-0.4, -0.2) is 66.3 Å². The lowest BCUT2D eigenvalue weighted by molar-refractivity contribution is -0.154. The smallest absolute Gasteiger partial charge is 0.457 e. The molecule has 0 aliphatic rings. The van der Waals surface area contributed by atoms with E-state index in [0.29, 0.717) is 13.0 Å². The summed E-state index contributed by atoms with van der Waals surface area (Å²) in [4.78, 5) is 22.4. The Hall–Kier alpha value is -1.32. The summed E-state index contributed by atoms with van der Waals surface area (Å²) in [5.41, 5.74) is 0. The van der Waals surface area contributed by atoms with Gasteiger partial charge < -0.3 is 24.6 Å². The van der Waals surface area contributed by atoms with Gasteiger partial charge in [0.1, 0.15) is 12.2 Å². The summed E-state index contributed by atoms with van der Waals surface area (Å²) >= 11 is 0. The number of ether oxygens (including phenoxy) is 2. The lowest BCUT2D eigenvalue weighted by Crippen LogP contribution is -2.29. The van der Waals surface area contributed by atoms with Gasteiger partial charge in [-0.1, -0.05) is 115 Å². The number of unbranched alkanes of at least 4 members (excludes halogenated alkanes) is 15. The van der Waals surface area contributed by atoms with Crippen LogP contribution >= 0.6 is 7.82 Å². The third kappa shape index (κ3) is 34.3. The molecule has 47 heavy (non-hydrogen) atoms. The van der Waals surface area contributed by atoms with Crippen molar-refractivity contribution in [2.45, 2.75) is 161 Å². The first-order valence-corrected chi connectivity index (χ1v) is 20.0. The molecule has 0 aromatic heterocycles. The van der Waals surface area contributed by atoms with E-state index in [1.54, 1.807) is 0 Å². The van der Waals surface area contributed by atoms with E-state index >= 15 is 0 Å². The molecule has 276 valence electrons. The second kappa shape index (κ2) is 34.5. The summed E-state index contributed by atoms with van der Waals surface area (Å²) in [6.45, 7) is 3.37. The maximum atomic E-state index is 12.5. The van der Waals surface area contributed by atoms with Crippen LogP contribution < -0.4 is 0 Å². The predicted octanol–water partition coefficient (Wildman–Crippen LogP) is 9.30. The van der Waals surface area contributed by atoms with Gasteiger partial charge >= 0.3 is 13.8 Å². The largest absolute Gasteiger partial charge is 0.472 e. The molecule has 0 amide bonds. The summed E-state index contributed by atoms with van der Waals surface area (Å²) in [5, 5.41) is 18.3. The van der Waals surface area contributed by atoms with Crippen LogP contribution in [0.15, 0.2) is 36.5 Å². The fourth-order valence-corrected chi connectivity index (χ4v) is 5.47. The van der Waals surface area contributed by atoms with E-state index in [1.165, 1.54) is 51.4 Å². The highest BCUT2D eigenvalue weighted by Gasteiger charge is 2.26. The molecule has 0 saturated heterocycles. The maximum Gasteiger partial charge on any atom is 0.472 e. The Morgan fingerprint density at radius 3 is 1.81 bits per heavy atom. The van der Waals surface area contributed by atoms with Gasteiger partial charge in [-0.3, -0.25) is 13.8 Å². The van der Waals surface area contributed by atoms with Gasteiger partial charge in [0.15, 0.2) is 0 Å². The van der Waals surface area contributed by atoms with Crippen molar-refractivity contribution in [3.63, 3.8) is 0 Å². The van der Waals surface area contributed by atoms with E-state index in [4.69, 9.17) is 23.6 Å². The van der Waals surface area contributed by atoms with Gasteiger partial charge in [0.25, 0.3) is 0 Å². The number of hydrogen-bond acceptors (Lipinski definition) is 8. The van der Waals surface area contributed by atoms with E-state index in [2.05, 4.69) is 50.3 Å². The zero-order chi connectivity index (χ0) is 34.7. The molecule has 0 aromatic carbocycles. The highest BCUT2D eigenvalue weighted by molar-refractivity contribution is 7.47. The second-order valence-corrected chi connectivity index (χ2v) is 13.7. The summed E-state index contributed by atoms with van der Waals surface area (Å²) in [7, 11) is -4.51. The van der Waals surface area contributed by atoms with Gasteiger partial charge in [0, 0.05) is 13.0 Å². The number of hydrogen-bond donors (Lipinski definition) is 3. The van der Waals surface area contributed by atoms with E-state index in [1.807, 2.05) is 0 Å². The maximum absolute atomic E-state index is 12.5. The fraction of sp³-hybridized carbons (Fsp3) is 0.811. The SMILES string of the molecule is CCC/C=C\C/C=C\CCCCCCCCOCC(COP(=O)(O)OCC(O)CO)OC(=O)CCCCCCC/C=C\CCCCC. The summed E-state index contributed by atoms with van der Waals surface area (Å²) in [6.07, 6.45) is 33.8. The minimum atomic E-state index is -4.51. The Balaban J connectivity index is 4.28. The highest BCUT2D eigenvalue weighted by atomic mass is 31.2. The van der Waals surface area contributed by atoms with Crippen molar-refractivity contribution in [2.24, 2.45) is 0 Å². The van der Waals surface area contributed by atoms with E-state index in [0.717, 1.165) is 70.6 Å². The zero-order valence-electron chi connectivity index (χ0n) is 29.7. The lowest BCUT2D eigenvalue weighted by atomic mass is 10.1. The van der Waals surface area contributed by atoms with Crippen LogP contribution in [0.2, 0.25) is 0 Å². The molecule has 0 bridgehead atoms. The molecule has 0 rings (SSSR count). The lowest BCUT2D eigenvalue weighted by Gasteiger charge is -2.20. The number of allylic oxidation sites excluding steroid dienone is 6. The van der Waals surface area contributed by atoms with Crippen molar-refractivity contribution < 1.29 is 43.0 Å². The van der Waals surface area contributed by atoms with Crippen LogP contribution in [-0.2, 0) is 27.9 Å². The number of phosphoric acid groups is 1. The first kappa shape index (κ1) is 45.7. The van der Waals surface area contributed by atoms with Crippen molar-refractivity contribution in [3.8, 4) is 0 Å². The minimum Gasteiger partial charge on any atom is -0.457 e. The molecule has 0 saturated carbocycles. The van der Waals surface area contributed by atoms with Crippen LogP contribution in [0.3, 0.4) is 0 Å². The fourth-order valence-electron chi connectivity index (χ4n) is 4.68. The molecule has 0 heterocycles. The second-order valence-electron chi connectivity index (χ2n) is 12.2. The van der Waals surface area contributed by atoms with Crippen LogP contribution in [0.25, 0.3) is 0 Å². The Morgan fingerprint density at radius 2 is 1.19 bits per heavy atom. The van der Waals surface area contributed by atoms with E-state index in [9.17, 15) is 19.4 Å². The Bertz CT molecular complexity index is 831. The first-order valence-electron chi connectivity index (χ1n) is 18.5. The minimum absolute atomic E-state index is 0.0386. The van der Waals surface area contributed by atoms with Crippen molar-refractivity contribution in [3.05, 3.63) is 36.5 Å². The predicted molar refractivity (Wildman–Crippen MR) is 191 cm³/mol. The van der Waals surface area contributed by atoms with Crippen LogP contribution in [0.4, 0.5) is 0 Å². The number of aliphatic hydroxyl groups excluding tert-OH is 2. The quantitative estimate of drug-likeness (QED) is 0.0258. The zero-order valence-corrected chi connectivity index (χ0v) is 30.6. The molecule has 3 N–H and O–H groups in total. The topological polar surface area (TPSA) is 132 Å². The molecule has 0 spiro atoms. The average molecular weight is 689 g/mol. The number of aliphatic hydroxyl groups is 2. The molecular formula is C37H69O9P. The third-order valence-corrected chi connectivity index (χ3v) is 8.48. The normalized spacial score (nSPS) is 14.7. The molecule has 0 fully saturated rings. The summed E-state index contributed by atoms with van der Waals surface area (Å²) < 4.78 is 33.2. The molecule has 3 atom stereocenters. The van der Waals surface area contributed by atoms with Crippen molar-refractivity contribution >= 4 is 13.8 Å². The van der Waals surface area contributed by atoms with E-state index in [-0.39, 0.29) is 19.6 Å².